The maximum atomic E-state index is 13.3. The lowest BCUT2D eigenvalue weighted by atomic mass is 10.1. The highest BCUT2D eigenvalue weighted by molar-refractivity contribution is 7.91. The van der Waals surface area contributed by atoms with Gasteiger partial charge in [0.05, 0.1) is 5.71 Å². The number of hydrogen-bond donors (Lipinski definition) is 0. The van der Waals surface area contributed by atoms with E-state index in [1.165, 1.54) is 16.5 Å². The zero-order valence-electron chi connectivity index (χ0n) is 13.3. The number of hydrogen-bond acceptors (Lipinski definition) is 3. The van der Waals surface area contributed by atoms with Crippen molar-refractivity contribution in [3.63, 3.8) is 0 Å². The van der Waals surface area contributed by atoms with Crippen LogP contribution in [0.25, 0.3) is 5.52 Å². The van der Waals surface area contributed by atoms with Gasteiger partial charge in [-0.3, -0.25) is 9.20 Å². The van der Waals surface area contributed by atoms with Crippen LogP contribution in [0.5, 0.6) is 0 Å². The van der Waals surface area contributed by atoms with E-state index in [9.17, 15) is 13.7 Å². The van der Waals surface area contributed by atoms with Gasteiger partial charge in [0.1, 0.15) is 21.9 Å². The van der Waals surface area contributed by atoms with Crippen LogP contribution in [0.1, 0.15) is 38.8 Å². The molecule has 118 valence electrons. The van der Waals surface area contributed by atoms with Gasteiger partial charge in [0.15, 0.2) is 0 Å². The summed E-state index contributed by atoms with van der Waals surface area (Å²) in [5, 5.41) is 0. The van der Waals surface area contributed by atoms with Gasteiger partial charge in [0.25, 0.3) is 5.56 Å². The lowest BCUT2D eigenvalue weighted by Crippen LogP contribution is -2.27. The standard InChI is InChI=1S/C16H19FN2O2S/c1-10-14(11(2)18-22(21)16(3,4)5)8-13-7-6-12(17)9-19(13)15(10)20/h6-9H,1-5H3. The predicted molar refractivity (Wildman–Crippen MR) is 88.5 cm³/mol. The van der Waals surface area contributed by atoms with Crippen LogP contribution in [0.4, 0.5) is 4.39 Å². The molecule has 0 radical (unpaired) electrons. The molecule has 0 spiro atoms. The van der Waals surface area contributed by atoms with Crippen molar-refractivity contribution in [2.75, 3.05) is 0 Å². The van der Waals surface area contributed by atoms with Crippen LogP contribution in [0, 0.1) is 12.7 Å². The van der Waals surface area contributed by atoms with Crippen molar-refractivity contribution in [2.45, 2.75) is 39.4 Å². The van der Waals surface area contributed by atoms with Crippen LogP contribution in [0.15, 0.2) is 33.6 Å². The van der Waals surface area contributed by atoms with Crippen LogP contribution in [0.2, 0.25) is 0 Å². The topological polar surface area (TPSA) is 56.9 Å². The Morgan fingerprint density at radius 2 is 2.00 bits per heavy atom. The van der Waals surface area contributed by atoms with Crippen LogP contribution in [-0.2, 0) is 11.4 Å². The number of pyridine rings is 2. The second kappa shape index (κ2) is 5.85. The number of aromatic nitrogens is 1. The molecule has 0 saturated carbocycles. The molecular formula is C16H19FN2O2S. The SMILES string of the molecule is CC(=N[S+]([O-])C(C)(C)C)c1cc2ccc(F)cn2c(=O)c1C. The summed E-state index contributed by atoms with van der Waals surface area (Å²) in [5.74, 6) is -0.471. The third-order valence-electron chi connectivity index (χ3n) is 3.31. The Bertz CT molecular complexity index is 806. The van der Waals surface area contributed by atoms with E-state index in [-0.39, 0.29) is 5.56 Å². The number of nitrogens with zero attached hydrogens (tertiary/aromatic N) is 2. The van der Waals surface area contributed by atoms with Crippen LogP contribution in [-0.4, -0.2) is 19.4 Å². The molecule has 1 unspecified atom stereocenters. The van der Waals surface area contributed by atoms with Gasteiger partial charge >= 0.3 is 0 Å². The molecule has 2 aromatic heterocycles. The van der Waals surface area contributed by atoms with Gasteiger partial charge in [-0.2, -0.15) is 0 Å². The van der Waals surface area contributed by atoms with Crippen molar-refractivity contribution >= 4 is 22.6 Å². The Balaban J connectivity index is 2.62. The molecule has 0 N–H and O–H groups in total. The normalized spacial score (nSPS) is 14.4. The lowest BCUT2D eigenvalue weighted by molar-refractivity contribution is 0.561. The van der Waals surface area contributed by atoms with Gasteiger partial charge in [-0.25, -0.2) is 4.39 Å². The van der Waals surface area contributed by atoms with Crippen molar-refractivity contribution in [2.24, 2.45) is 4.40 Å². The average Bonchev–Trinajstić information content (AvgIpc) is 2.42. The first-order valence-corrected chi connectivity index (χ1v) is 8.01. The van der Waals surface area contributed by atoms with Crippen molar-refractivity contribution in [3.05, 3.63) is 51.7 Å². The van der Waals surface area contributed by atoms with E-state index in [0.717, 1.165) is 6.20 Å². The summed E-state index contributed by atoms with van der Waals surface area (Å²) < 4.78 is 30.4. The fraction of sp³-hybridized carbons (Fsp3) is 0.375. The molecule has 0 aromatic carbocycles. The monoisotopic (exact) mass is 322 g/mol. The molecule has 0 aliphatic carbocycles. The highest BCUT2D eigenvalue weighted by Gasteiger charge is 2.27. The maximum absolute atomic E-state index is 13.3. The minimum Gasteiger partial charge on any atom is -0.591 e. The minimum atomic E-state index is -1.40. The summed E-state index contributed by atoms with van der Waals surface area (Å²) in [6.45, 7) is 8.90. The maximum Gasteiger partial charge on any atom is 0.258 e. The molecule has 0 aliphatic rings. The van der Waals surface area contributed by atoms with E-state index in [2.05, 4.69) is 4.40 Å². The molecule has 4 nitrogen and oxygen atoms in total. The van der Waals surface area contributed by atoms with Crippen LogP contribution < -0.4 is 5.56 Å². The lowest BCUT2D eigenvalue weighted by Gasteiger charge is -2.19. The number of halogens is 1. The molecule has 2 aromatic rings. The third-order valence-corrected chi connectivity index (χ3v) is 4.80. The third kappa shape index (κ3) is 3.23. The van der Waals surface area contributed by atoms with Crippen molar-refractivity contribution in [3.8, 4) is 0 Å². The number of rotatable bonds is 2. The van der Waals surface area contributed by atoms with Gasteiger partial charge in [-0.15, -0.1) is 0 Å². The Morgan fingerprint density at radius 3 is 2.59 bits per heavy atom. The van der Waals surface area contributed by atoms with Crippen LogP contribution in [0.3, 0.4) is 0 Å². The van der Waals surface area contributed by atoms with E-state index in [4.69, 9.17) is 0 Å². The fourth-order valence-electron chi connectivity index (χ4n) is 2.02. The minimum absolute atomic E-state index is 0.303. The Labute approximate surface area is 132 Å². The molecule has 6 heteroatoms. The summed E-state index contributed by atoms with van der Waals surface area (Å²) >= 11 is -1.40. The predicted octanol–water partition coefficient (Wildman–Crippen LogP) is 3.02. The molecule has 0 fully saturated rings. The Hall–Kier alpha value is -1.66. The molecule has 22 heavy (non-hydrogen) atoms. The van der Waals surface area contributed by atoms with Crippen LogP contribution >= 0.6 is 0 Å². The summed E-state index contributed by atoms with van der Waals surface area (Å²) in [7, 11) is 0. The average molecular weight is 322 g/mol. The zero-order valence-corrected chi connectivity index (χ0v) is 14.1. The summed E-state index contributed by atoms with van der Waals surface area (Å²) in [6.07, 6.45) is 1.16. The summed E-state index contributed by atoms with van der Waals surface area (Å²) in [4.78, 5) is 12.4. The van der Waals surface area contributed by atoms with Gasteiger partial charge in [-0.05, 0) is 52.8 Å². The van der Waals surface area contributed by atoms with Crippen molar-refractivity contribution in [1.29, 1.82) is 0 Å². The second-order valence-electron chi connectivity index (χ2n) is 6.17. The van der Waals surface area contributed by atoms with Gasteiger partial charge in [-0.1, -0.05) is 4.40 Å². The molecule has 0 amide bonds. The van der Waals surface area contributed by atoms with Crippen molar-refractivity contribution < 1.29 is 8.94 Å². The zero-order chi connectivity index (χ0) is 16.7. The van der Waals surface area contributed by atoms with E-state index >= 15 is 0 Å². The molecule has 0 saturated heterocycles. The highest BCUT2D eigenvalue weighted by atomic mass is 32.2. The van der Waals surface area contributed by atoms with Crippen molar-refractivity contribution in [1.82, 2.24) is 4.40 Å². The molecule has 0 bridgehead atoms. The molecule has 2 rings (SSSR count). The smallest absolute Gasteiger partial charge is 0.258 e. The largest absolute Gasteiger partial charge is 0.591 e. The first kappa shape index (κ1) is 16.7. The molecular weight excluding hydrogens is 303 g/mol. The molecule has 1 atom stereocenters. The fourth-order valence-corrected chi connectivity index (χ4v) is 2.64. The van der Waals surface area contributed by atoms with E-state index in [1.807, 2.05) is 20.8 Å². The molecule has 0 aliphatic heterocycles. The second-order valence-corrected chi connectivity index (χ2v) is 8.07. The summed E-state index contributed by atoms with van der Waals surface area (Å²) in [6, 6.07) is 4.59. The first-order valence-electron chi connectivity index (χ1n) is 6.90. The van der Waals surface area contributed by atoms with Gasteiger partial charge in [0.2, 0.25) is 0 Å². The van der Waals surface area contributed by atoms with E-state index in [1.54, 1.807) is 19.9 Å². The number of fused-ring (bicyclic) bond motifs is 1. The Morgan fingerprint density at radius 1 is 1.36 bits per heavy atom. The molecule has 2 heterocycles. The van der Waals surface area contributed by atoms with E-state index in [0.29, 0.717) is 22.4 Å². The first-order chi connectivity index (χ1) is 10.1. The van der Waals surface area contributed by atoms with Gasteiger partial charge in [0, 0.05) is 22.8 Å². The van der Waals surface area contributed by atoms with Gasteiger partial charge < -0.3 is 4.55 Å². The Kier molecular flexibility index (Phi) is 4.44. The quantitative estimate of drug-likeness (QED) is 0.630. The highest BCUT2D eigenvalue weighted by Crippen LogP contribution is 2.19. The summed E-state index contributed by atoms with van der Waals surface area (Å²) in [5.41, 5.74) is 1.89. The van der Waals surface area contributed by atoms with E-state index < -0.39 is 21.9 Å².